The fraction of sp³-hybridized carbons (Fsp3) is 0.500. The monoisotopic (exact) mass is 247 g/mol. The van der Waals surface area contributed by atoms with Crippen LogP contribution in [-0.2, 0) is 4.79 Å². The molecule has 18 heavy (non-hydrogen) atoms. The number of hydrogen-bond donors (Lipinski definition) is 1. The van der Waals surface area contributed by atoms with E-state index in [1.54, 1.807) is 0 Å². The van der Waals surface area contributed by atoms with Crippen LogP contribution in [0.4, 0.5) is 5.69 Å². The number of piperazine rings is 1. The lowest BCUT2D eigenvalue weighted by Crippen LogP contribution is -2.67. The second kappa shape index (κ2) is 4.71. The van der Waals surface area contributed by atoms with Crippen molar-refractivity contribution in [2.75, 3.05) is 25.0 Å². The zero-order valence-corrected chi connectivity index (χ0v) is 11.3. The minimum atomic E-state index is -0.242. The van der Waals surface area contributed by atoms with Crippen molar-refractivity contribution in [3.05, 3.63) is 30.3 Å². The third-order valence-electron chi connectivity index (χ3n) is 3.81. The fourth-order valence-corrected chi connectivity index (χ4v) is 2.43. The van der Waals surface area contributed by atoms with Gasteiger partial charge in [-0.3, -0.25) is 9.69 Å². The molecule has 98 valence electrons. The Bertz CT molecular complexity index is 430. The van der Waals surface area contributed by atoms with Gasteiger partial charge in [-0.15, -0.1) is 0 Å². The quantitative estimate of drug-likeness (QED) is 0.850. The average molecular weight is 247 g/mol. The number of anilines is 1. The molecule has 0 saturated carbocycles. The highest BCUT2D eigenvalue weighted by molar-refractivity contribution is 5.98. The minimum Gasteiger partial charge on any atom is -0.328 e. The van der Waals surface area contributed by atoms with Gasteiger partial charge in [0, 0.05) is 24.3 Å². The minimum absolute atomic E-state index is 0.0756. The Kier molecular flexibility index (Phi) is 3.41. The van der Waals surface area contributed by atoms with Crippen molar-refractivity contribution >= 4 is 11.6 Å². The van der Waals surface area contributed by atoms with Crippen LogP contribution in [0.25, 0.3) is 0 Å². The van der Waals surface area contributed by atoms with E-state index in [2.05, 4.69) is 18.7 Å². The average Bonchev–Trinajstić information content (AvgIpc) is 2.36. The van der Waals surface area contributed by atoms with Crippen LogP contribution in [0.5, 0.6) is 0 Å². The van der Waals surface area contributed by atoms with Crippen LogP contribution in [0.1, 0.15) is 13.8 Å². The Labute approximate surface area is 108 Å². The second-order valence-electron chi connectivity index (χ2n) is 5.43. The first-order chi connectivity index (χ1) is 8.47. The van der Waals surface area contributed by atoms with Gasteiger partial charge >= 0.3 is 0 Å². The van der Waals surface area contributed by atoms with Crippen molar-refractivity contribution in [2.45, 2.75) is 25.4 Å². The van der Waals surface area contributed by atoms with Gasteiger partial charge < -0.3 is 10.6 Å². The van der Waals surface area contributed by atoms with Crippen molar-refractivity contribution in [3.63, 3.8) is 0 Å². The summed E-state index contributed by atoms with van der Waals surface area (Å²) in [6.07, 6.45) is 0. The normalized spacial score (nSPS) is 24.3. The van der Waals surface area contributed by atoms with Crippen LogP contribution in [-0.4, -0.2) is 42.5 Å². The molecule has 1 aliphatic rings. The van der Waals surface area contributed by atoms with E-state index in [-0.39, 0.29) is 17.5 Å². The number of hydrogen-bond acceptors (Lipinski definition) is 3. The van der Waals surface area contributed by atoms with Gasteiger partial charge in [0.2, 0.25) is 5.91 Å². The lowest BCUT2D eigenvalue weighted by Gasteiger charge is -2.49. The number of nitrogens with zero attached hydrogens (tertiary/aromatic N) is 2. The molecule has 1 aliphatic heterocycles. The first-order valence-electron chi connectivity index (χ1n) is 6.27. The van der Waals surface area contributed by atoms with Gasteiger partial charge in [0.25, 0.3) is 0 Å². The predicted octanol–water partition coefficient (Wildman–Crippen LogP) is 1.07. The molecule has 0 radical (unpaired) electrons. The first kappa shape index (κ1) is 13.1. The summed E-state index contributed by atoms with van der Waals surface area (Å²) in [5.74, 6) is 0.0884. The van der Waals surface area contributed by atoms with Gasteiger partial charge in [-0.05, 0) is 33.0 Å². The maximum atomic E-state index is 12.5. The molecule has 1 unspecified atom stereocenters. The highest BCUT2D eigenvalue weighted by Crippen LogP contribution is 2.28. The summed E-state index contributed by atoms with van der Waals surface area (Å²) in [6, 6.07) is 9.54. The molecule has 0 aliphatic carbocycles. The Hall–Kier alpha value is -1.39. The smallest absolute Gasteiger partial charge is 0.245 e. The van der Waals surface area contributed by atoms with E-state index in [9.17, 15) is 4.79 Å². The van der Waals surface area contributed by atoms with E-state index in [1.807, 2.05) is 42.3 Å². The molecule has 1 aromatic rings. The number of para-hydroxylation sites is 1. The number of rotatable bonds is 2. The van der Waals surface area contributed by atoms with Gasteiger partial charge in [-0.2, -0.15) is 0 Å². The summed E-state index contributed by atoms with van der Waals surface area (Å²) in [5.41, 5.74) is 6.63. The lowest BCUT2D eigenvalue weighted by molar-refractivity contribution is -0.128. The lowest BCUT2D eigenvalue weighted by atomic mass is 9.94. The van der Waals surface area contributed by atoms with Crippen LogP contribution >= 0.6 is 0 Å². The third kappa shape index (κ3) is 2.13. The Morgan fingerprint density at radius 1 is 1.33 bits per heavy atom. The molecule has 0 aromatic heterocycles. The number of benzene rings is 1. The van der Waals surface area contributed by atoms with Gasteiger partial charge in [0.15, 0.2) is 0 Å². The summed E-state index contributed by atoms with van der Waals surface area (Å²) in [5, 5.41) is 0. The molecule has 2 N–H and O–H groups in total. The summed E-state index contributed by atoms with van der Waals surface area (Å²) < 4.78 is 0. The highest BCUT2D eigenvalue weighted by Gasteiger charge is 2.42. The SMILES string of the molecule is CN1C(CN)C(=O)N(c2ccccc2)CC1(C)C. The van der Waals surface area contributed by atoms with Gasteiger partial charge in [-0.25, -0.2) is 0 Å². The maximum Gasteiger partial charge on any atom is 0.245 e. The van der Waals surface area contributed by atoms with E-state index in [4.69, 9.17) is 5.73 Å². The van der Waals surface area contributed by atoms with Crippen LogP contribution in [0.2, 0.25) is 0 Å². The van der Waals surface area contributed by atoms with Crippen molar-refractivity contribution < 1.29 is 4.79 Å². The molecule has 4 heteroatoms. The van der Waals surface area contributed by atoms with Crippen LogP contribution in [0.15, 0.2) is 30.3 Å². The molecule has 4 nitrogen and oxygen atoms in total. The van der Waals surface area contributed by atoms with E-state index in [0.29, 0.717) is 13.1 Å². The maximum absolute atomic E-state index is 12.5. The molecule has 1 saturated heterocycles. The number of carbonyl (C=O) groups is 1. The summed E-state index contributed by atoms with van der Waals surface area (Å²) in [7, 11) is 1.97. The van der Waals surface area contributed by atoms with Crippen molar-refractivity contribution in [1.29, 1.82) is 0 Å². The van der Waals surface area contributed by atoms with Crippen LogP contribution < -0.4 is 10.6 Å². The predicted molar refractivity (Wildman–Crippen MR) is 73.5 cm³/mol. The van der Waals surface area contributed by atoms with Crippen molar-refractivity contribution in [1.82, 2.24) is 4.90 Å². The van der Waals surface area contributed by atoms with Crippen molar-refractivity contribution in [3.8, 4) is 0 Å². The number of nitrogens with two attached hydrogens (primary N) is 1. The van der Waals surface area contributed by atoms with E-state index in [1.165, 1.54) is 0 Å². The molecule has 0 spiro atoms. The molecular formula is C14H21N3O. The number of carbonyl (C=O) groups excluding carboxylic acids is 1. The van der Waals surface area contributed by atoms with Crippen molar-refractivity contribution in [2.24, 2.45) is 5.73 Å². The summed E-state index contributed by atoms with van der Waals surface area (Å²) >= 11 is 0. The molecule has 1 atom stereocenters. The zero-order valence-electron chi connectivity index (χ0n) is 11.3. The molecule has 0 bridgehead atoms. The molecule has 1 heterocycles. The van der Waals surface area contributed by atoms with Crippen LogP contribution in [0, 0.1) is 0 Å². The fourth-order valence-electron chi connectivity index (χ4n) is 2.43. The highest BCUT2D eigenvalue weighted by atomic mass is 16.2. The van der Waals surface area contributed by atoms with Gasteiger partial charge in [-0.1, -0.05) is 18.2 Å². The summed E-state index contributed by atoms with van der Waals surface area (Å²) in [6.45, 7) is 5.31. The van der Waals surface area contributed by atoms with Crippen LogP contribution in [0.3, 0.4) is 0 Å². The first-order valence-corrected chi connectivity index (χ1v) is 6.27. The molecule has 1 aromatic carbocycles. The molecular weight excluding hydrogens is 226 g/mol. The molecule has 1 amide bonds. The van der Waals surface area contributed by atoms with E-state index < -0.39 is 0 Å². The Morgan fingerprint density at radius 3 is 2.50 bits per heavy atom. The topological polar surface area (TPSA) is 49.6 Å². The summed E-state index contributed by atoms with van der Waals surface area (Å²) in [4.78, 5) is 16.4. The zero-order chi connectivity index (χ0) is 13.3. The third-order valence-corrected chi connectivity index (χ3v) is 3.81. The number of likely N-dealkylation sites (N-methyl/N-ethyl adjacent to an activating group) is 1. The van der Waals surface area contributed by atoms with Gasteiger partial charge in [0.05, 0.1) is 0 Å². The van der Waals surface area contributed by atoms with E-state index in [0.717, 1.165) is 5.69 Å². The van der Waals surface area contributed by atoms with Gasteiger partial charge in [0.1, 0.15) is 6.04 Å². The number of amides is 1. The molecule has 1 fully saturated rings. The standard InChI is InChI=1S/C14H21N3O/c1-14(2)10-17(11-7-5-4-6-8-11)13(18)12(9-15)16(14)3/h4-8,12H,9-10,15H2,1-3H3. The largest absolute Gasteiger partial charge is 0.328 e. The Balaban J connectivity index is 2.35. The van der Waals surface area contributed by atoms with E-state index >= 15 is 0 Å². The second-order valence-corrected chi connectivity index (χ2v) is 5.43. The molecule has 2 rings (SSSR count). The Morgan fingerprint density at radius 2 is 1.94 bits per heavy atom.